The van der Waals surface area contributed by atoms with Crippen molar-refractivity contribution in [3.8, 4) is 6.07 Å². The van der Waals surface area contributed by atoms with Crippen molar-refractivity contribution in [2.45, 2.75) is 6.92 Å². The molecule has 0 radical (unpaired) electrons. The van der Waals surface area contributed by atoms with Gasteiger partial charge in [0.1, 0.15) is 0 Å². The number of thiocarbonyl (C=S) groups is 1. The van der Waals surface area contributed by atoms with E-state index in [0.717, 1.165) is 5.69 Å². The lowest BCUT2D eigenvalue weighted by molar-refractivity contribution is 0.460. The van der Waals surface area contributed by atoms with Crippen LogP contribution in [-0.2, 0) is 0 Å². The maximum absolute atomic E-state index is 8.71. The van der Waals surface area contributed by atoms with Gasteiger partial charge in [0.2, 0.25) is 0 Å². The normalized spacial score (nSPS) is 11.3. The monoisotopic (exact) mass is 233 g/mol. The molecular weight excluding hydrogens is 218 g/mol. The predicted molar refractivity (Wildman–Crippen MR) is 70.1 cm³/mol. The molecule has 1 aromatic carbocycles. The van der Waals surface area contributed by atoms with E-state index in [2.05, 4.69) is 11.4 Å². The van der Waals surface area contributed by atoms with Crippen molar-refractivity contribution in [2.24, 2.45) is 5.92 Å². The van der Waals surface area contributed by atoms with Gasteiger partial charge in [-0.15, -0.1) is 0 Å². The Bertz CT molecular complexity index is 383. The van der Waals surface area contributed by atoms with E-state index in [1.54, 1.807) is 0 Å². The third kappa shape index (κ3) is 3.87. The van der Waals surface area contributed by atoms with Gasteiger partial charge in [0.05, 0.1) is 12.0 Å². The van der Waals surface area contributed by atoms with Crippen molar-refractivity contribution >= 4 is 23.0 Å². The van der Waals surface area contributed by atoms with Crippen molar-refractivity contribution in [3.05, 3.63) is 30.3 Å². The van der Waals surface area contributed by atoms with Gasteiger partial charge < -0.3 is 10.2 Å². The minimum atomic E-state index is -0.0273. The Kier molecular flexibility index (Phi) is 4.74. The van der Waals surface area contributed by atoms with Crippen LogP contribution >= 0.6 is 12.2 Å². The lowest BCUT2D eigenvalue weighted by atomic mass is 10.2. The first-order valence-electron chi connectivity index (χ1n) is 5.10. The van der Waals surface area contributed by atoms with Crippen LogP contribution in [0.15, 0.2) is 30.3 Å². The Morgan fingerprint density at radius 1 is 1.50 bits per heavy atom. The molecule has 4 heteroatoms. The summed E-state index contributed by atoms with van der Waals surface area (Å²) in [6.07, 6.45) is 0. The molecule has 3 nitrogen and oxygen atoms in total. The molecule has 1 N–H and O–H groups in total. The van der Waals surface area contributed by atoms with Gasteiger partial charge in [-0.05, 0) is 31.3 Å². The number of nitriles is 1. The third-order valence-corrected chi connectivity index (χ3v) is 2.55. The van der Waals surface area contributed by atoms with Gasteiger partial charge in [-0.1, -0.05) is 18.2 Å². The van der Waals surface area contributed by atoms with Crippen molar-refractivity contribution in [2.75, 3.05) is 18.9 Å². The van der Waals surface area contributed by atoms with Crippen molar-refractivity contribution in [1.82, 2.24) is 4.90 Å². The molecule has 0 saturated carbocycles. The van der Waals surface area contributed by atoms with Gasteiger partial charge >= 0.3 is 0 Å². The summed E-state index contributed by atoms with van der Waals surface area (Å²) in [6.45, 7) is 2.51. The second-order valence-electron chi connectivity index (χ2n) is 3.71. The summed E-state index contributed by atoms with van der Waals surface area (Å²) < 4.78 is 0. The zero-order valence-electron chi connectivity index (χ0n) is 9.47. The first kappa shape index (κ1) is 12.5. The van der Waals surface area contributed by atoms with Gasteiger partial charge in [-0.25, -0.2) is 0 Å². The average Bonchev–Trinajstić information content (AvgIpc) is 2.30. The maximum Gasteiger partial charge on any atom is 0.173 e. The highest BCUT2D eigenvalue weighted by molar-refractivity contribution is 7.80. The van der Waals surface area contributed by atoms with Crippen LogP contribution in [0.1, 0.15) is 6.92 Å². The van der Waals surface area contributed by atoms with Crippen molar-refractivity contribution < 1.29 is 0 Å². The molecule has 0 aromatic heterocycles. The van der Waals surface area contributed by atoms with Crippen molar-refractivity contribution in [3.63, 3.8) is 0 Å². The van der Waals surface area contributed by atoms with Crippen LogP contribution in [0.2, 0.25) is 0 Å². The minimum absolute atomic E-state index is 0.0273. The highest BCUT2D eigenvalue weighted by atomic mass is 32.1. The number of para-hydroxylation sites is 1. The quantitative estimate of drug-likeness (QED) is 0.814. The maximum atomic E-state index is 8.71. The van der Waals surface area contributed by atoms with E-state index in [9.17, 15) is 0 Å². The zero-order valence-corrected chi connectivity index (χ0v) is 10.3. The van der Waals surface area contributed by atoms with Crippen LogP contribution in [0.4, 0.5) is 5.69 Å². The molecule has 0 spiro atoms. The fraction of sp³-hybridized carbons (Fsp3) is 0.333. The molecule has 1 atom stereocenters. The van der Waals surface area contributed by atoms with Crippen LogP contribution in [0.25, 0.3) is 0 Å². The SMILES string of the molecule is CC(C#N)CN(C)C(=S)Nc1ccccc1. The molecule has 16 heavy (non-hydrogen) atoms. The summed E-state index contributed by atoms with van der Waals surface area (Å²) in [7, 11) is 1.88. The number of hydrogen-bond donors (Lipinski definition) is 1. The first-order valence-corrected chi connectivity index (χ1v) is 5.51. The van der Waals surface area contributed by atoms with Crippen LogP contribution in [-0.4, -0.2) is 23.6 Å². The Morgan fingerprint density at radius 3 is 2.69 bits per heavy atom. The number of hydrogen-bond acceptors (Lipinski definition) is 2. The van der Waals surface area contributed by atoms with E-state index in [1.807, 2.05) is 49.2 Å². The molecular formula is C12H15N3S. The molecule has 84 valence electrons. The van der Waals surface area contributed by atoms with Crippen LogP contribution < -0.4 is 5.32 Å². The molecule has 1 rings (SSSR count). The highest BCUT2D eigenvalue weighted by Gasteiger charge is 2.08. The van der Waals surface area contributed by atoms with E-state index in [1.165, 1.54) is 0 Å². The summed E-state index contributed by atoms with van der Waals surface area (Å²) in [5, 5.41) is 12.5. The lowest BCUT2D eigenvalue weighted by Gasteiger charge is -2.21. The molecule has 1 unspecified atom stereocenters. The van der Waals surface area contributed by atoms with Gasteiger partial charge in [0, 0.05) is 19.3 Å². The molecule has 0 aliphatic carbocycles. The van der Waals surface area contributed by atoms with Crippen LogP contribution in [0, 0.1) is 17.2 Å². The molecule has 0 bridgehead atoms. The highest BCUT2D eigenvalue weighted by Crippen LogP contribution is 2.07. The third-order valence-electron chi connectivity index (χ3n) is 2.14. The van der Waals surface area contributed by atoms with E-state index in [4.69, 9.17) is 17.5 Å². The second-order valence-corrected chi connectivity index (χ2v) is 4.09. The number of nitrogens with zero attached hydrogens (tertiary/aromatic N) is 2. The topological polar surface area (TPSA) is 39.1 Å². The molecule has 1 aromatic rings. The molecule has 0 aliphatic rings. The minimum Gasteiger partial charge on any atom is -0.351 e. The fourth-order valence-electron chi connectivity index (χ4n) is 1.27. The Morgan fingerprint density at radius 2 is 2.12 bits per heavy atom. The number of nitrogens with one attached hydrogen (secondary N) is 1. The van der Waals surface area contributed by atoms with Crippen molar-refractivity contribution in [1.29, 1.82) is 5.26 Å². The summed E-state index contributed by atoms with van der Waals surface area (Å²) in [4.78, 5) is 1.87. The Hall–Kier alpha value is -1.60. The lowest BCUT2D eigenvalue weighted by Crippen LogP contribution is -2.34. The van der Waals surface area contributed by atoms with Gasteiger partial charge in [0.25, 0.3) is 0 Å². The molecule has 0 aliphatic heterocycles. The van der Waals surface area contributed by atoms with Gasteiger partial charge in [-0.2, -0.15) is 5.26 Å². The fourth-order valence-corrected chi connectivity index (χ4v) is 1.47. The largest absolute Gasteiger partial charge is 0.351 e. The van der Waals surface area contributed by atoms with E-state index >= 15 is 0 Å². The molecule has 0 amide bonds. The summed E-state index contributed by atoms with van der Waals surface area (Å²) in [5.41, 5.74) is 0.962. The number of anilines is 1. The number of rotatable bonds is 3. The summed E-state index contributed by atoms with van der Waals surface area (Å²) >= 11 is 5.23. The van der Waals surface area contributed by atoms with Gasteiger partial charge in [0.15, 0.2) is 5.11 Å². The smallest absolute Gasteiger partial charge is 0.173 e. The average molecular weight is 233 g/mol. The van der Waals surface area contributed by atoms with E-state index in [0.29, 0.717) is 11.7 Å². The summed E-state index contributed by atoms with van der Waals surface area (Å²) in [6, 6.07) is 11.9. The van der Waals surface area contributed by atoms with Crippen LogP contribution in [0.3, 0.4) is 0 Å². The second kappa shape index (κ2) is 6.09. The Balaban J connectivity index is 2.50. The Labute approximate surface area is 102 Å². The molecule has 0 heterocycles. The van der Waals surface area contributed by atoms with Crippen LogP contribution in [0.5, 0.6) is 0 Å². The molecule has 0 fully saturated rings. The van der Waals surface area contributed by atoms with E-state index in [-0.39, 0.29) is 5.92 Å². The summed E-state index contributed by atoms with van der Waals surface area (Å²) in [5.74, 6) is -0.0273. The molecule has 0 saturated heterocycles. The zero-order chi connectivity index (χ0) is 12.0. The first-order chi connectivity index (χ1) is 7.63. The van der Waals surface area contributed by atoms with Gasteiger partial charge in [-0.3, -0.25) is 0 Å². The van der Waals surface area contributed by atoms with E-state index < -0.39 is 0 Å². The standard InChI is InChI=1S/C12H15N3S/c1-10(8-13)9-15(2)12(16)14-11-6-4-3-5-7-11/h3-7,10H,9H2,1-2H3,(H,14,16). The predicted octanol–water partition coefficient (Wildman–Crippen LogP) is 2.47. The number of benzene rings is 1.